The summed E-state index contributed by atoms with van der Waals surface area (Å²) in [6, 6.07) is 4.10. The number of H-pyrrole nitrogens is 1. The Labute approximate surface area is 117 Å². The van der Waals surface area contributed by atoms with Crippen LogP contribution in [-0.2, 0) is 9.53 Å². The molecule has 1 heterocycles. The number of aliphatic hydroxyl groups excluding tert-OH is 2. The topological polar surface area (TPSA) is 130 Å². The lowest BCUT2D eigenvalue weighted by atomic mass is 10.0. The lowest BCUT2D eigenvalue weighted by molar-refractivity contribution is -0.144. The molecule has 2 unspecified atom stereocenters. The van der Waals surface area contributed by atoms with Crippen LogP contribution in [0.25, 0.3) is 10.9 Å². The van der Waals surface area contributed by atoms with Crippen molar-refractivity contribution in [1.29, 1.82) is 0 Å². The van der Waals surface area contributed by atoms with E-state index in [0.29, 0.717) is 0 Å². The largest absolute Gasteiger partial charge is 0.469 e. The fraction of sp³-hybridized carbons (Fsp3) is 0.308. The molecule has 2 aromatic rings. The van der Waals surface area contributed by atoms with Gasteiger partial charge in [-0.2, -0.15) is 0 Å². The Morgan fingerprint density at radius 3 is 2.76 bits per heavy atom. The number of benzene rings is 1. The van der Waals surface area contributed by atoms with Crippen LogP contribution >= 0.6 is 0 Å². The Kier molecular flexibility index (Phi) is 4.20. The van der Waals surface area contributed by atoms with Crippen molar-refractivity contribution >= 4 is 16.9 Å². The molecule has 0 bridgehead atoms. The maximum atomic E-state index is 11.6. The molecule has 0 aliphatic carbocycles. The van der Waals surface area contributed by atoms with Crippen LogP contribution in [0.15, 0.2) is 32.2 Å². The second-order valence-corrected chi connectivity index (χ2v) is 4.40. The number of hydrogen-bond donors (Lipinski definition) is 3. The van der Waals surface area contributed by atoms with Crippen LogP contribution in [0.5, 0.6) is 0 Å². The highest BCUT2D eigenvalue weighted by Gasteiger charge is 2.22. The van der Waals surface area contributed by atoms with E-state index >= 15 is 0 Å². The van der Waals surface area contributed by atoms with E-state index in [-0.39, 0.29) is 16.5 Å². The Hall–Kier alpha value is -2.45. The van der Waals surface area contributed by atoms with E-state index < -0.39 is 36.0 Å². The molecular weight excluding hydrogens is 282 g/mol. The van der Waals surface area contributed by atoms with Crippen LogP contribution in [-0.4, -0.2) is 34.4 Å². The molecule has 0 saturated heterocycles. The van der Waals surface area contributed by atoms with Crippen molar-refractivity contribution in [2.24, 2.45) is 0 Å². The number of nitrogens with one attached hydrogen (secondary N) is 1. The molecule has 0 aliphatic rings. The number of esters is 1. The highest BCUT2D eigenvalue weighted by atomic mass is 16.5. The molecule has 0 saturated carbocycles. The van der Waals surface area contributed by atoms with Gasteiger partial charge in [-0.05, 0) is 17.7 Å². The second-order valence-electron chi connectivity index (χ2n) is 4.40. The predicted octanol–water partition coefficient (Wildman–Crippen LogP) is -0.561. The minimum atomic E-state index is -1.39. The molecule has 1 aromatic heterocycles. The van der Waals surface area contributed by atoms with Crippen LogP contribution in [0.4, 0.5) is 0 Å². The standard InChI is InChI=1S/C13H13NO7/c1-20-10(16)5-9(15)11(17)6-2-3-8-7(4-6)12(18)21-13(19)14-8/h2-4,9,11,15,17H,5H2,1H3,(H,14,19). The first-order valence-corrected chi connectivity index (χ1v) is 6.02. The van der Waals surface area contributed by atoms with Crippen LogP contribution in [0.2, 0.25) is 0 Å². The fourth-order valence-corrected chi connectivity index (χ4v) is 1.89. The molecule has 8 nitrogen and oxygen atoms in total. The summed E-state index contributed by atoms with van der Waals surface area (Å²) in [4.78, 5) is 36.0. The van der Waals surface area contributed by atoms with E-state index in [2.05, 4.69) is 14.1 Å². The SMILES string of the molecule is COC(=O)CC(O)C(O)c1ccc2[nH]c(=O)oc(=O)c2c1. The van der Waals surface area contributed by atoms with Crippen molar-refractivity contribution in [2.75, 3.05) is 7.11 Å². The minimum absolute atomic E-state index is 0.0522. The normalized spacial score (nSPS) is 13.9. The van der Waals surface area contributed by atoms with Gasteiger partial charge in [-0.25, -0.2) is 9.59 Å². The third kappa shape index (κ3) is 3.18. The van der Waals surface area contributed by atoms with E-state index in [1.807, 2.05) is 0 Å². The average Bonchev–Trinajstić information content (AvgIpc) is 2.45. The first-order chi connectivity index (χ1) is 9.92. The molecule has 0 fully saturated rings. The van der Waals surface area contributed by atoms with Crippen LogP contribution < -0.4 is 11.4 Å². The van der Waals surface area contributed by atoms with E-state index in [1.54, 1.807) is 0 Å². The van der Waals surface area contributed by atoms with Crippen LogP contribution in [0, 0.1) is 0 Å². The predicted molar refractivity (Wildman–Crippen MR) is 70.7 cm³/mol. The van der Waals surface area contributed by atoms with Gasteiger partial charge in [0.05, 0.1) is 30.5 Å². The zero-order valence-electron chi connectivity index (χ0n) is 11.0. The van der Waals surface area contributed by atoms with Gasteiger partial charge in [0.1, 0.15) is 6.10 Å². The summed E-state index contributed by atoms with van der Waals surface area (Å²) in [6.45, 7) is 0. The van der Waals surface area contributed by atoms with Crippen molar-refractivity contribution in [1.82, 2.24) is 4.98 Å². The lowest BCUT2D eigenvalue weighted by Gasteiger charge is -2.17. The zero-order valence-corrected chi connectivity index (χ0v) is 11.0. The summed E-state index contributed by atoms with van der Waals surface area (Å²) < 4.78 is 8.78. The summed E-state index contributed by atoms with van der Waals surface area (Å²) in [5, 5.41) is 19.8. The van der Waals surface area contributed by atoms with Crippen molar-refractivity contribution < 1.29 is 24.2 Å². The van der Waals surface area contributed by atoms with Crippen LogP contribution in [0.1, 0.15) is 18.1 Å². The highest BCUT2D eigenvalue weighted by Crippen LogP contribution is 2.21. The molecule has 112 valence electrons. The molecule has 0 spiro atoms. The molecule has 8 heteroatoms. The number of aromatic nitrogens is 1. The van der Waals surface area contributed by atoms with Gasteiger partial charge in [0, 0.05) is 0 Å². The quantitative estimate of drug-likeness (QED) is 0.644. The number of hydrogen-bond acceptors (Lipinski definition) is 7. The summed E-state index contributed by atoms with van der Waals surface area (Å²) in [5.41, 5.74) is -0.404. The average molecular weight is 295 g/mol. The molecular formula is C13H13NO7. The number of rotatable bonds is 4. The van der Waals surface area contributed by atoms with E-state index in [1.165, 1.54) is 25.3 Å². The monoisotopic (exact) mass is 295 g/mol. The van der Waals surface area contributed by atoms with Crippen LogP contribution in [0.3, 0.4) is 0 Å². The summed E-state index contributed by atoms with van der Waals surface area (Å²) >= 11 is 0. The van der Waals surface area contributed by atoms with E-state index in [0.717, 1.165) is 0 Å². The van der Waals surface area contributed by atoms with E-state index in [4.69, 9.17) is 0 Å². The number of carbonyl (C=O) groups is 1. The second kappa shape index (κ2) is 5.90. The summed E-state index contributed by atoms with van der Waals surface area (Å²) in [5.74, 6) is -1.56. The third-order valence-corrected chi connectivity index (χ3v) is 3.00. The third-order valence-electron chi connectivity index (χ3n) is 3.00. The molecule has 21 heavy (non-hydrogen) atoms. The Morgan fingerprint density at radius 1 is 1.38 bits per heavy atom. The molecule has 0 amide bonds. The van der Waals surface area contributed by atoms with Crippen molar-refractivity contribution in [3.8, 4) is 0 Å². The van der Waals surface area contributed by atoms with Crippen molar-refractivity contribution in [2.45, 2.75) is 18.6 Å². The lowest BCUT2D eigenvalue weighted by Crippen LogP contribution is -2.23. The molecule has 0 aliphatic heterocycles. The molecule has 0 radical (unpaired) electrons. The number of ether oxygens (including phenoxy) is 1. The fourth-order valence-electron chi connectivity index (χ4n) is 1.89. The molecule has 2 rings (SSSR count). The van der Waals surface area contributed by atoms with Gasteiger partial charge >= 0.3 is 17.4 Å². The minimum Gasteiger partial charge on any atom is -0.469 e. The van der Waals surface area contributed by atoms with Gasteiger partial charge in [-0.1, -0.05) is 6.07 Å². The number of fused-ring (bicyclic) bond motifs is 1. The zero-order chi connectivity index (χ0) is 15.6. The number of carbonyl (C=O) groups excluding carboxylic acids is 1. The van der Waals surface area contributed by atoms with Gasteiger partial charge in [-0.15, -0.1) is 0 Å². The van der Waals surface area contributed by atoms with Gasteiger partial charge in [0.2, 0.25) is 0 Å². The van der Waals surface area contributed by atoms with Gasteiger partial charge < -0.3 is 19.4 Å². The maximum Gasteiger partial charge on any atom is 0.419 e. The van der Waals surface area contributed by atoms with Gasteiger partial charge in [0.25, 0.3) is 0 Å². The summed E-state index contributed by atoms with van der Waals surface area (Å²) in [7, 11) is 1.17. The van der Waals surface area contributed by atoms with E-state index in [9.17, 15) is 24.6 Å². The van der Waals surface area contributed by atoms with Gasteiger partial charge in [-0.3, -0.25) is 9.78 Å². The smallest absolute Gasteiger partial charge is 0.419 e. The Bertz CT molecular complexity index is 776. The first-order valence-electron chi connectivity index (χ1n) is 6.02. The Balaban J connectivity index is 2.36. The van der Waals surface area contributed by atoms with Crippen molar-refractivity contribution in [3.63, 3.8) is 0 Å². The maximum absolute atomic E-state index is 11.6. The first kappa shape index (κ1) is 14.9. The highest BCUT2D eigenvalue weighted by molar-refractivity contribution is 5.77. The number of aromatic amines is 1. The molecule has 2 atom stereocenters. The van der Waals surface area contributed by atoms with Crippen molar-refractivity contribution in [3.05, 3.63) is 44.7 Å². The number of methoxy groups -OCH3 is 1. The Morgan fingerprint density at radius 2 is 2.10 bits per heavy atom. The summed E-state index contributed by atoms with van der Waals surface area (Å²) in [6.07, 6.45) is -3.17. The number of aliphatic hydroxyl groups is 2. The van der Waals surface area contributed by atoms with Gasteiger partial charge in [0.15, 0.2) is 0 Å². The molecule has 3 N–H and O–H groups in total. The molecule has 1 aromatic carbocycles.